The minimum atomic E-state index is -0.451. The summed E-state index contributed by atoms with van der Waals surface area (Å²) >= 11 is 0. The Morgan fingerprint density at radius 2 is 1.61 bits per heavy atom. The minimum Gasteiger partial charge on any atom is -0.452 e. The van der Waals surface area contributed by atoms with Gasteiger partial charge in [-0.2, -0.15) is 0 Å². The molecule has 0 spiro atoms. The Kier molecular flexibility index (Phi) is 5.47. The van der Waals surface area contributed by atoms with Gasteiger partial charge in [0.25, 0.3) is 0 Å². The number of carbonyl (C=O) groups is 2. The molecule has 3 aromatic rings. The molecule has 1 heterocycles. The first-order valence-corrected chi connectivity index (χ1v) is 10.3. The Bertz CT molecular complexity index is 1180. The monoisotopic (exact) mass is 412 g/mol. The average molecular weight is 412 g/mol. The van der Waals surface area contributed by atoms with Gasteiger partial charge in [-0.25, -0.2) is 4.79 Å². The van der Waals surface area contributed by atoms with E-state index in [-0.39, 0.29) is 11.5 Å². The topological polar surface area (TPSA) is 52.6 Å². The Morgan fingerprint density at radius 3 is 2.26 bits per heavy atom. The summed E-state index contributed by atoms with van der Waals surface area (Å²) in [4.78, 5) is 25.3. The molecule has 156 valence electrons. The number of carbonyl (C=O) groups excluding carboxylic acids is 2. The van der Waals surface area contributed by atoms with Crippen LogP contribution in [0.3, 0.4) is 0 Å². The van der Waals surface area contributed by atoms with Crippen molar-refractivity contribution in [3.8, 4) is 11.5 Å². The van der Waals surface area contributed by atoms with Crippen LogP contribution in [0.15, 0.2) is 66.4 Å². The maximum atomic E-state index is 12.8. The zero-order valence-electron chi connectivity index (χ0n) is 18.1. The van der Waals surface area contributed by atoms with Crippen LogP contribution in [0.2, 0.25) is 0 Å². The third-order valence-corrected chi connectivity index (χ3v) is 5.43. The number of hydrogen-bond acceptors (Lipinski definition) is 4. The molecule has 0 saturated heterocycles. The highest BCUT2D eigenvalue weighted by atomic mass is 16.5. The lowest BCUT2D eigenvalue weighted by atomic mass is 10.0. The second-order valence-corrected chi connectivity index (χ2v) is 8.08. The summed E-state index contributed by atoms with van der Waals surface area (Å²) in [5.74, 6) is 0.885. The van der Waals surface area contributed by atoms with Crippen molar-refractivity contribution < 1.29 is 19.1 Å². The first-order chi connectivity index (χ1) is 14.8. The number of benzene rings is 3. The summed E-state index contributed by atoms with van der Waals surface area (Å²) in [6, 6.07) is 18.5. The van der Waals surface area contributed by atoms with Crippen LogP contribution in [0.5, 0.6) is 11.5 Å². The van der Waals surface area contributed by atoms with Crippen molar-refractivity contribution in [3.05, 3.63) is 99.8 Å². The van der Waals surface area contributed by atoms with Gasteiger partial charge in [0, 0.05) is 5.56 Å². The van der Waals surface area contributed by atoms with E-state index in [0.29, 0.717) is 34.1 Å². The van der Waals surface area contributed by atoms with Gasteiger partial charge in [0.2, 0.25) is 5.78 Å². The van der Waals surface area contributed by atoms with Gasteiger partial charge in [-0.05, 0) is 61.2 Å². The van der Waals surface area contributed by atoms with Crippen molar-refractivity contribution >= 4 is 17.8 Å². The maximum Gasteiger partial charge on any atom is 0.343 e. The molecule has 3 aromatic carbocycles. The van der Waals surface area contributed by atoms with Gasteiger partial charge < -0.3 is 9.47 Å². The number of ether oxygens (including phenoxy) is 2. The van der Waals surface area contributed by atoms with Gasteiger partial charge in [0.05, 0.1) is 11.1 Å². The molecule has 4 heteroatoms. The SMILES string of the molecule is Cc1ccc(C(=O)Oc2ccc3c(c2C)O/C(=C\c2ccc(C(C)C)cc2)C3=O)cc1. The zero-order chi connectivity index (χ0) is 22.1. The van der Waals surface area contributed by atoms with Gasteiger partial charge in [-0.1, -0.05) is 55.8 Å². The highest BCUT2D eigenvalue weighted by Crippen LogP contribution is 2.39. The Balaban J connectivity index is 1.57. The standard InChI is InChI=1S/C27H24O4/c1-16(2)20-11-7-19(8-12-20)15-24-25(28)22-13-14-23(18(4)26(22)30-24)31-27(29)21-9-5-17(3)6-10-21/h5-16H,1-4H3/b24-15-. The molecular formula is C27H24O4. The van der Waals surface area contributed by atoms with Crippen LogP contribution in [0, 0.1) is 13.8 Å². The molecule has 0 atom stereocenters. The normalized spacial score (nSPS) is 14.0. The molecule has 0 radical (unpaired) electrons. The molecule has 0 fully saturated rings. The van der Waals surface area contributed by atoms with Crippen molar-refractivity contribution in [2.75, 3.05) is 0 Å². The zero-order valence-corrected chi connectivity index (χ0v) is 18.1. The average Bonchev–Trinajstić information content (AvgIpc) is 3.07. The van der Waals surface area contributed by atoms with E-state index in [1.165, 1.54) is 5.56 Å². The lowest BCUT2D eigenvalue weighted by Crippen LogP contribution is -2.09. The molecule has 4 rings (SSSR count). The first kappa shape index (κ1) is 20.6. The van der Waals surface area contributed by atoms with E-state index in [1.807, 2.05) is 31.2 Å². The third-order valence-electron chi connectivity index (χ3n) is 5.43. The molecule has 0 bridgehead atoms. The molecule has 31 heavy (non-hydrogen) atoms. The van der Waals surface area contributed by atoms with E-state index in [0.717, 1.165) is 11.1 Å². The van der Waals surface area contributed by atoms with Gasteiger partial charge in [0.1, 0.15) is 11.5 Å². The van der Waals surface area contributed by atoms with Gasteiger partial charge in [-0.3, -0.25) is 4.79 Å². The fourth-order valence-electron chi connectivity index (χ4n) is 3.46. The number of fused-ring (bicyclic) bond motifs is 1. The van der Waals surface area contributed by atoms with Crippen molar-refractivity contribution in [2.24, 2.45) is 0 Å². The summed E-state index contributed by atoms with van der Waals surface area (Å²) in [6.45, 7) is 8.02. The molecule has 0 aromatic heterocycles. The Morgan fingerprint density at radius 1 is 0.935 bits per heavy atom. The second-order valence-electron chi connectivity index (χ2n) is 8.08. The van der Waals surface area contributed by atoms with E-state index < -0.39 is 5.97 Å². The van der Waals surface area contributed by atoms with E-state index >= 15 is 0 Å². The van der Waals surface area contributed by atoms with Crippen molar-refractivity contribution in [2.45, 2.75) is 33.6 Å². The summed E-state index contributed by atoms with van der Waals surface area (Å²) in [7, 11) is 0. The van der Waals surface area contributed by atoms with E-state index in [4.69, 9.17) is 9.47 Å². The maximum absolute atomic E-state index is 12.8. The Hall–Kier alpha value is -3.66. The summed E-state index contributed by atoms with van der Waals surface area (Å²) < 4.78 is 11.5. The number of ketones is 1. The molecule has 1 aliphatic heterocycles. The smallest absolute Gasteiger partial charge is 0.343 e. The molecule has 0 saturated carbocycles. The molecule has 0 amide bonds. The van der Waals surface area contributed by atoms with E-state index in [9.17, 15) is 9.59 Å². The van der Waals surface area contributed by atoms with Crippen LogP contribution in [0.4, 0.5) is 0 Å². The molecule has 0 unspecified atom stereocenters. The van der Waals surface area contributed by atoms with Gasteiger partial charge in [-0.15, -0.1) is 0 Å². The molecule has 1 aliphatic rings. The van der Waals surface area contributed by atoms with Gasteiger partial charge >= 0.3 is 5.97 Å². The highest BCUT2D eigenvalue weighted by molar-refractivity contribution is 6.15. The lowest BCUT2D eigenvalue weighted by Gasteiger charge is -2.10. The number of hydrogen-bond donors (Lipinski definition) is 0. The van der Waals surface area contributed by atoms with Crippen LogP contribution in [-0.4, -0.2) is 11.8 Å². The number of esters is 1. The molecule has 4 nitrogen and oxygen atoms in total. The number of aryl methyl sites for hydroxylation is 1. The van der Waals surface area contributed by atoms with Crippen molar-refractivity contribution in [1.29, 1.82) is 0 Å². The fraction of sp³-hybridized carbons (Fsp3) is 0.185. The van der Waals surface area contributed by atoms with Crippen LogP contribution in [-0.2, 0) is 0 Å². The van der Waals surface area contributed by atoms with E-state index in [1.54, 1.807) is 37.3 Å². The van der Waals surface area contributed by atoms with E-state index in [2.05, 4.69) is 26.0 Å². The molecule has 0 aliphatic carbocycles. The number of allylic oxidation sites excluding steroid dienone is 1. The van der Waals surface area contributed by atoms with Gasteiger partial charge in [0.15, 0.2) is 5.76 Å². The highest BCUT2D eigenvalue weighted by Gasteiger charge is 2.30. The van der Waals surface area contributed by atoms with Crippen molar-refractivity contribution in [1.82, 2.24) is 0 Å². The summed E-state index contributed by atoms with van der Waals surface area (Å²) in [5.41, 5.74) is 4.75. The first-order valence-electron chi connectivity index (χ1n) is 10.3. The molecular weight excluding hydrogens is 388 g/mol. The summed E-state index contributed by atoms with van der Waals surface area (Å²) in [5, 5.41) is 0. The Labute approximate surface area is 182 Å². The second kappa shape index (κ2) is 8.23. The van der Waals surface area contributed by atoms with Crippen LogP contribution < -0.4 is 9.47 Å². The number of Topliss-reactive ketones (excluding diaryl/α,β-unsaturated/α-hetero) is 1. The van der Waals surface area contributed by atoms with Crippen LogP contribution in [0.25, 0.3) is 6.08 Å². The minimum absolute atomic E-state index is 0.178. The largest absolute Gasteiger partial charge is 0.452 e. The van der Waals surface area contributed by atoms with Crippen molar-refractivity contribution in [3.63, 3.8) is 0 Å². The summed E-state index contributed by atoms with van der Waals surface area (Å²) in [6.07, 6.45) is 1.74. The fourth-order valence-corrected chi connectivity index (χ4v) is 3.46. The predicted molar refractivity (Wildman–Crippen MR) is 121 cm³/mol. The lowest BCUT2D eigenvalue weighted by molar-refractivity contribution is 0.0733. The quantitative estimate of drug-likeness (QED) is 0.288. The molecule has 0 N–H and O–H groups in total. The number of rotatable bonds is 4. The van der Waals surface area contributed by atoms with Crippen LogP contribution in [0.1, 0.15) is 62.7 Å². The van der Waals surface area contributed by atoms with Crippen LogP contribution >= 0.6 is 0 Å². The predicted octanol–water partition coefficient (Wildman–Crippen LogP) is 6.26. The third kappa shape index (κ3) is 4.15.